The van der Waals surface area contributed by atoms with Crippen LogP contribution in [0.3, 0.4) is 0 Å². The Morgan fingerprint density at radius 2 is 1.69 bits per heavy atom. The van der Waals surface area contributed by atoms with Crippen LogP contribution < -0.4 is 0 Å². The van der Waals surface area contributed by atoms with Crippen LogP contribution >= 0.6 is 11.8 Å². The highest BCUT2D eigenvalue weighted by Gasteiger charge is 2.20. The average molecular weight is 498 g/mol. The van der Waals surface area contributed by atoms with Gasteiger partial charge in [-0.1, -0.05) is 67.6 Å². The summed E-state index contributed by atoms with van der Waals surface area (Å²) in [5.74, 6) is 1.25. The van der Waals surface area contributed by atoms with Crippen LogP contribution in [0, 0.1) is 10.1 Å². The molecule has 0 N–H and O–H groups in total. The van der Waals surface area contributed by atoms with E-state index in [0.29, 0.717) is 12.4 Å². The lowest BCUT2D eigenvalue weighted by molar-refractivity contribution is -0.384. The molecule has 180 valence electrons. The third-order valence-electron chi connectivity index (χ3n) is 5.71. The van der Waals surface area contributed by atoms with E-state index in [0.717, 1.165) is 34.0 Å². The number of nitro groups is 1. The van der Waals surface area contributed by atoms with Crippen LogP contribution in [0.4, 0.5) is 5.69 Å². The van der Waals surface area contributed by atoms with Crippen LogP contribution in [-0.4, -0.2) is 34.9 Å². The smallest absolute Gasteiger partial charge is 0.258 e. The molecule has 0 fully saturated rings. The van der Waals surface area contributed by atoms with Crippen molar-refractivity contribution in [2.45, 2.75) is 30.7 Å². The van der Waals surface area contributed by atoms with Crippen molar-refractivity contribution in [3.63, 3.8) is 0 Å². The van der Waals surface area contributed by atoms with Gasteiger partial charge in [0.2, 0.25) is 5.82 Å². The van der Waals surface area contributed by atoms with Crippen LogP contribution in [0.15, 0.2) is 90.1 Å². The van der Waals surface area contributed by atoms with Crippen LogP contribution in [0.25, 0.3) is 17.1 Å². The summed E-state index contributed by atoms with van der Waals surface area (Å²) in [7, 11) is 0. The zero-order valence-corrected chi connectivity index (χ0v) is 20.4. The standard InChI is InChI=1S/C26H23N7O2S/c1-2-21-10-6-7-11-24(21)32-26(36-18-20-8-4-3-5-9-20)23(16-27-32)25-28-30-31(29-25)17-19-12-14-22(15-13-19)33(34)35/h3-16H,2,17-18H2,1H3. The molecular weight excluding hydrogens is 474 g/mol. The van der Waals surface area contributed by atoms with Gasteiger partial charge in [0.25, 0.3) is 5.69 Å². The van der Waals surface area contributed by atoms with E-state index in [9.17, 15) is 10.1 Å². The minimum Gasteiger partial charge on any atom is -0.258 e. The lowest BCUT2D eigenvalue weighted by atomic mass is 10.1. The van der Waals surface area contributed by atoms with E-state index >= 15 is 0 Å². The fourth-order valence-corrected chi connectivity index (χ4v) is 4.91. The summed E-state index contributed by atoms with van der Waals surface area (Å²) >= 11 is 1.68. The van der Waals surface area contributed by atoms with Crippen LogP contribution in [-0.2, 0) is 18.7 Å². The number of aromatic nitrogens is 6. The number of benzene rings is 3. The summed E-state index contributed by atoms with van der Waals surface area (Å²) in [5.41, 5.74) is 5.13. The Labute approximate surface area is 211 Å². The molecule has 9 nitrogen and oxygen atoms in total. The molecular formula is C26H23N7O2S. The van der Waals surface area contributed by atoms with Gasteiger partial charge in [0.05, 0.1) is 28.9 Å². The second-order valence-electron chi connectivity index (χ2n) is 8.10. The molecule has 0 atom stereocenters. The fraction of sp³-hybridized carbons (Fsp3) is 0.154. The first-order chi connectivity index (χ1) is 17.6. The monoisotopic (exact) mass is 497 g/mol. The van der Waals surface area contributed by atoms with Crippen LogP contribution in [0.1, 0.15) is 23.6 Å². The van der Waals surface area contributed by atoms with Gasteiger partial charge in [0.15, 0.2) is 0 Å². The molecule has 5 aromatic rings. The van der Waals surface area contributed by atoms with E-state index in [2.05, 4.69) is 46.6 Å². The van der Waals surface area contributed by atoms with Gasteiger partial charge in [0.1, 0.15) is 5.03 Å². The van der Waals surface area contributed by atoms with Gasteiger partial charge in [-0.2, -0.15) is 9.90 Å². The quantitative estimate of drug-likeness (QED) is 0.154. The highest BCUT2D eigenvalue weighted by atomic mass is 32.2. The van der Waals surface area contributed by atoms with Crippen LogP contribution in [0.2, 0.25) is 0 Å². The molecule has 0 radical (unpaired) electrons. The Balaban J connectivity index is 1.47. The first-order valence-electron chi connectivity index (χ1n) is 11.5. The Morgan fingerprint density at radius 3 is 2.44 bits per heavy atom. The Morgan fingerprint density at radius 1 is 0.944 bits per heavy atom. The van der Waals surface area contributed by atoms with Crippen molar-refractivity contribution in [1.29, 1.82) is 0 Å². The van der Waals surface area contributed by atoms with E-state index < -0.39 is 4.92 Å². The predicted octanol–water partition coefficient (Wildman–Crippen LogP) is 5.34. The van der Waals surface area contributed by atoms with Gasteiger partial charge in [-0.25, -0.2) is 4.68 Å². The molecule has 2 heterocycles. The van der Waals surface area contributed by atoms with Gasteiger partial charge in [-0.15, -0.1) is 22.0 Å². The summed E-state index contributed by atoms with van der Waals surface area (Å²) in [6.07, 6.45) is 2.67. The van der Waals surface area contributed by atoms with Crippen molar-refractivity contribution in [2.24, 2.45) is 0 Å². The molecule has 5 rings (SSSR count). The van der Waals surface area contributed by atoms with Gasteiger partial charge in [-0.3, -0.25) is 10.1 Å². The van der Waals surface area contributed by atoms with Gasteiger partial charge < -0.3 is 0 Å². The van der Waals surface area contributed by atoms with Crippen molar-refractivity contribution >= 4 is 17.4 Å². The molecule has 36 heavy (non-hydrogen) atoms. The van der Waals surface area contributed by atoms with E-state index in [1.165, 1.54) is 28.1 Å². The molecule has 0 aliphatic carbocycles. The predicted molar refractivity (Wildman–Crippen MR) is 138 cm³/mol. The maximum absolute atomic E-state index is 10.9. The van der Waals surface area contributed by atoms with Crippen molar-refractivity contribution in [1.82, 2.24) is 30.0 Å². The molecule has 2 aromatic heterocycles. The second kappa shape index (κ2) is 10.5. The average Bonchev–Trinajstić information content (AvgIpc) is 3.55. The van der Waals surface area contributed by atoms with E-state index in [1.807, 2.05) is 35.0 Å². The largest absolute Gasteiger partial charge is 0.269 e. The molecule has 0 saturated carbocycles. The number of hydrogen-bond acceptors (Lipinski definition) is 7. The molecule has 3 aromatic carbocycles. The SMILES string of the molecule is CCc1ccccc1-n1ncc(-c2nnn(Cc3ccc([N+](=O)[O-])cc3)n2)c1SCc1ccccc1. The molecule has 0 bridgehead atoms. The Kier molecular flexibility index (Phi) is 6.85. The minimum atomic E-state index is -0.418. The lowest BCUT2D eigenvalue weighted by Gasteiger charge is -2.12. The number of nitro benzene ring substituents is 1. The zero-order chi connectivity index (χ0) is 24.9. The van der Waals surface area contributed by atoms with Crippen molar-refractivity contribution < 1.29 is 4.92 Å². The third kappa shape index (κ3) is 5.03. The fourth-order valence-electron chi connectivity index (χ4n) is 3.85. The highest BCUT2D eigenvalue weighted by Crippen LogP contribution is 2.34. The second-order valence-corrected chi connectivity index (χ2v) is 9.06. The number of hydrogen-bond donors (Lipinski definition) is 0. The topological polar surface area (TPSA) is 105 Å². The highest BCUT2D eigenvalue weighted by molar-refractivity contribution is 7.98. The molecule has 0 aliphatic rings. The lowest BCUT2D eigenvalue weighted by Crippen LogP contribution is -2.04. The minimum absolute atomic E-state index is 0.0471. The van der Waals surface area contributed by atoms with Gasteiger partial charge >= 0.3 is 0 Å². The zero-order valence-electron chi connectivity index (χ0n) is 19.6. The maximum atomic E-state index is 10.9. The summed E-state index contributed by atoms with van der Waals surface area (Å²) in [4.78, 5) is 12.0. The maximum Gasteiger partial charge on any atom is 0.269 e. The first kappa shape index (κ1) is 23.4. The van der Waals surface area contributed by atoms with Crippen molar-refractivity contribution in [3.05, 3.63) is 112 Å². The molecule has 0 unspecified atom stereocenters. The first-order valence-corrected chi connectivity index (χ1v) is 12.5. The normalized spacial score (nSPS) is 11.0. The molecule has 0 spiro atoms. The van der Waals surface area contributed by atoms with Crippen LogP contribution in [0.5, 0.6) is 0 Å². The number of non-ortho nitro benzene ring substituents is 1. The number of thioether (sulfide) groups is 1. The van der Waals surface area contributed by atoms with E-state index in [1.54, 1.807) is 30.1 Å². The number of tetrazole rings is 1. The number of para-hydroxylation sites is 1. The molecule has 0 saturated heterocycles. The summed E-state index contributed by atoms with van der Waals surface area (Å²) < 4.78 is 1.96. The summed E-state index contributed by atoms with van der Waals surface area (Å²) in [6.45, 7) is 2.48. The number of rotatable bonds is 9. The Hall–Kier alpha value is -4.31. The summed E-state index contributed by atoms with van der Waals surface area (Å²) in [5, 5.41) is 29.7. The molecule has 0 amide bonds. The van der Waals surface area contributed by atoms with Gasteiger partial charge in [0, 0.05) is 17.9 Å². The van der Waals surface area contributed by atoms with E-state index in [4.69, 9.17) is 5.10 Å². The Bertz CT molecular complexity index is 1480. The number of aryl methyl sites for hydroxylation is 1. The summed E-state index contributed by atoms with van der Waals surface area (Å²) in [6, 6.07) is 24.9. The van der Waals surface area contributed by atoms with Crippen molar-refractivity contribution in [3.8, 4) is 17.1 Å². The van der Waals surface area contributed by atoms with Gasteiger partial charge in [-0.05, 0) is 34.4 Å². The van der Waals surface area contributed by atoms with E-state index in [-0.39, 0.29) is 5.69 Å². The molecule has 0 aliphatic heterocycles. The third-order valence-corrected chi connectivity index (χ3v) is 6.85. The van der Waals surface area contributed by atoms with Crippen molar-refractivity contribution in [2.75, 3.05) is 0 Å². The molecule has 10 heteroatoms. The number of nitrogens with zero attached hydrogens (tertiary/aromatic N) is 7.